The van der Waals surface area contributed by atoms with Gasteiger partial charge >= 0.3 is 0 Å². The molecule has 0 saturated carbocycles. The fourth-order valence-corrected chi connectivity index (χ4v) is 1.57. The summed E-state index contributed by atoms with van der Waals surface area (Å²) < 4.78 is 0. The van der Waals surface area contributed by atoms with Crippen LogP contribution in [-0.4, -0.2) is 55.7 Å². The van der Waals surface area contributed by atoms with Crippen LogP contribution in [0.3, 0.4) is 0 Å². The van der Waals surface area contributed by atoms with E-state index in [0.29, 0.717) is 13.1 Å². The molecular weight excluding hydrogens is 192 g/mol. The first-order valence-corrected chi connectivity index (χ1v) is 5.19. The molecule has 84 valence electrons. The molecule has 0 bridgehead atoms. The number of likely N-dealkylation sites (tertiary alicyclic amines) is 1. The Kier molecular flexibility index (Phi) is 4.49. The van der Waals surface area contributed by atoms with Crippen LogP contribution in [0.4, 0.5) is 0 Å². The van der Waals surface area contributed by atoms with E-state index in [9.17, 15) is 9.59 Å². The number of rotatable bonds is 4. The summed E-state index contributed by atoms with van der Waals surface area (Å²) >= 11 is 0. The Hall–Kier alpha value is -1.16. The standard InChI is InChI=1S/C11H18N2O2/c1-12(2)6-3-4-11(15)13-7-5-10(8-13)9-14/h3-4,9-10H,5-8H2,1-2H3/b4-3+. The van der Waals surface area contributed by atoms with Gasteiger partial charge in [-0.25, -0.2) is 0 Å². The van der Waals surface area contributed by atoms with Crippen molar-refractivity contribution in [2.24, 2.45) is 5.92 Å². The van der Waals surface area contributed by atoms with Gasteiger partial charge < -0.3 is 14.6 Å². The summed E-state index contributed by atoms with van der Waals surface area (Å²) in [5, 5.41) is 0. The van der Waals surface area contributed by atoms with Gasteiger partial charge in [-0.3, -0.25) is 4.79 Å². The lowest BCUT2D eigenvalue weighted by Crippen LogP contribution is -2.27. The first-order chi connectivity index (χ1) is 7.13. The molecule has 1 rings (SSSR count). The van der Waals surface area contributed by atoms with Gasteiger partial charge in [0.25, 0.3) is 0 Å². The predicted octanol–water partition coefficient (Wildman–Crippen LogP) is 0.152. The maximum atomic E-state index is 11.6. The number of carbonyl (C=O) groups is 2. The van der Waals surface area contributed by atoms with Gasteiger partial charge in [-0.1, -0.05) is 6.08 Å². The van der Waals surface area contributed by atoms with Gasteiger partial charge in [0.1, 0.15) is 6.29 Å². The predicted molar refractivity (Wildman–Crippen MR) is 58.4 cm³/mol. The molecule has 0 aromatic rings. The van der Waals surface area contributed by atoms with Gasteiger partial charge in [0.05, 0.1) is 0 Å². The number of amides is 1. The minimum atomic E-state index is 0.0150. The summed E-state index contributed by atoms with van der Waals surface area (Å²) in [6, 6.07) is 0. The van der Waals surface area contributed by atoms with E-state index in [1.807, 2.05) is 25.1 Å². The van der Waals surface area contributed by atoms with Crippen LogP contribution in [0.2, 0.25) is 0 Å². The number of hydrogen-bond acceptors (Lipinski definition) is 3. The maximum absolute atomic E-state index is 11.6. The number of nitrogens with zero attached hydrogens (tertiary/aromatic N) is 2. The van der Waals surface area contributed by atoms with E-state index in [4.69, 9.17) is 0 Å². The molecule has 1 atom stereocenters. The van der Waals surface area contributed by atoms with Crippen LogP contribution in [0.5, 0.6) is 0 Å². The third kappa shape index (κ3) is 3.83. The van der Waals surface area contributed by atoms with Crippen LogP contribution in [-0.2, 0) is 9.59 Å². The van der Waals surface area contributed by atoms with Crippen LogP contribution in [0, 0.1) is 5.92 Å². The molecule has 1 unspecified atom stereocenters. The second kappa shape index (κ2) is 5.66. The molecule has 1 amide bonds. The fourth-order valence-electron chi connectivity index (χ4n) is 1.57. The highest BCUT2D eigenvalue weighted by Gasteiger charge is 2.24. The highest BCUT2D eigenvalue weighted by atomic mass is 16.2. The highest BCUT2D eigenvalue weighted by molar-refractivity contribution is 5.88. The molecule has 4 heteroatoms. The molecule has 1 heterocycles. The molecule has 1 fully saturated rings. The highest BCUT2D eigenvalue weighted by Crippen LogP contribution is 2.13. The van der Waals surface area contributed by atoms with Crippen molar-refractivity contribution in [1.29, 1.82) is 0 Å². The van der Waals surface area contributed by atoms with Crippen LogP contribution in [0.15, 0.2) is 12.2 Å². The van der Waals surface area contributed by atoms with E-state index in [1.54, 1.807) is 11.0 Å². The van der Waals surface area contributed by atoms with Gasteiger partial charge in [0, 0.05) is 31.6 Å². The number of hydrogen-bond donors (Lipinski definition) is 0. The summed E-state index contributed by atoms with van der Waals surface area (Å²) in [6.45, 7) is 2.04. The Balaban J connectivity index is 2.35. The molecule has 1 aliphatic heterocycles. The first-order valence-electron chi connectivity index (χ1n) is 5.19. The van der Waals surface area contributed by atoms with Crippen LogP contribution >= 0.6 is 0 Å². The Morgan fingerprint density at radius 3 is 2.80 bits per heavy atom. The van der Waals surface area contributed by atoms with Crippen molar-refractivity contribution in [3.8, 4) is 0 Å². The zero-order valence-corrected chi connectivity index (χ0v) is 9.35. The lowest BCUT2D eigenvalue weighted by atomic mass is 10.1. The van der Waals surface area contributed by atoms with Crippen molar-refractivity contribution in [2.45, 2.75) is 6.42 Å². The minimum Gasteiger partial charge on any atom is -0.338 e. The zero-order chi connectivity index (χ0) is 11.3. The van der Waals surface area contributed by atoms with E-state index in [-0.39, 0.29) is 11.8 Å². The average molecular weight is 210 g/mol. The van der Waals surface area contributed by atoms with Crippen molar-refractivity contribution in [2.75, 3.05) is 33.7 Å². The number of aldehydes is 1. The monoisotopic (exact) mass is 210 g/mol. The number of carbonyl (C=O) groups excluding carboxylic acids is 2. The molecule has 0 radical (unpaired) electrons. The molecular formula is C11H18N2O2. The lowest BCUT2D eigenvalue weighted by molar-refractivity contribution is -0.125. The van der Waals surface area contributed by atoms with Crippen molar-refractivity contribution in [1.82, 2.24) is 9.80 Å². The van der Waals surface area contributed by atoms with Crippen LogP contribution in [0.25, 0.3) is 0 Å². The molecule has 0 aromatic carbocycles. The summed E-state index contributed by atoms with van der Waals surface area (Å²) in [5.74, 6) is 0.0531. The largest absolute Gasteiger partial charge is 0.338 e. The third-order valence-electron chi connectivity index (χ3n) is 2.46. The Bertz CT molecular complexity index is 261. The quantitative estimate of drug-likeness (QED) is 0.490. The fraction of sp³-hybridized carbons (Fsp3) is 0.636. The molecule has 0 spiro atoms. The van der Waals surface area contributed by atoms with Gasteiger partial charge in [-0.2, -0.15) is 0 Å². The SMILES string of the molecule is CN(C)C/C=C/C(=O)N1CCC(C=O)C1. The molecule has 0 aromatic heterocycles. The smallest absolute Gasteiger partial charge is 0.246 e. The Labute approximate surface area is 90.5 Å². The summed E-state index contributed by atoms with van der Waals surface area (Å²) in [6.07, 6.45) is 5.18. The van der Waals surface area contributed by atoms with Crippen molar-refractivity contribution in [3.63, 3.8) is 0 Å². The van der Waals surface area contributed by atoms with Crippen molar-refractivity contribution in [3.05, 3.63) is 12.2 Å². The normalized spacial score (nSPS) is 21.5. The van der Waals surface area contributed by atoms with E-state index < -0.39 is 0 Å². The van der Waals surface area contributed by atoms with E-state index in [1.165, 1.54) is 0 Å². The average Bonchev–Trinajstić information content (AvgIpc) is 2.65. The summed E-state index contributed by atoms with van der Waals surface area (Å²) in [7, 11) is 3.90. The zero-order valence-electron chi connectivity index (χ0n) is 9.35. The maximum Gasteiger partial charge on any atom is 0.246 e. The molecule has 0 aliphatic carbocycles. The molecule has 1 aliphatic rings. The van der Waals surface area contributed by atoms with E-state index in [2.05, 4.69) is 0 Å². The second-order valence-electron chi connectivity index (χ2n) is 4.13. The number of likely N-dealkylation sites (N-methyl/N-ethyl adjacent to an activating group) is 1. The van der Waals surface area contributed by atoms with Crippen LogP contribution in [0.1, 0.15) is 6.42 Å². The van der Waals surface area contributed by atoms with Crippen molar-refractivity contribution >= 4 is 12.2 Å². The van der Waals surface area contributed by atoms with Crippen molar-refractivity contribution < 1.29 is 9.59 Å². The Morgan fingerprint density at radius 1 is 1.53 bits per heavy atom. The molecule has 1 saturated heterocycles. The molecule has 4 nitrogen and oxygen atoms in total. The van der Waals surface area contributed by atoms with E-state index in [0.717, 1.165) is 19.3 Å². The lowest BCUT2D eigenvalue weighted by Gasteiger charge is -2.12. The first kappa shape index (κ1) is 11.9. The van der Waals surface area contributed by atoms with E-state index >= 15 is 0 Å². The third-order valence-corrected chi connectivity index (χ3v) is 2.46. The molecule has 15 heavy (non-hydrogen) atoms. The summed E-state index contributed by atoms with van der Waals surface area (Å²) in [4.78, 5) is 25.8. The topological polar surface area (TPSA) is 40.6 Å². The van der Waals surface area contributed by atoms with Gasteiger partial charge in [0.15, 0.2) is 0 Å². The van der Waals surface area contributed by atoms with Crippen LogP contribution < -0.4 is 0 Å². The van der Waals surface area contributed by atoms with Gasteiger partial charge in [-0.05, 0) is 20.5 Å². The summed E-state index contributed by atoms with van der Waals surface area (Å²) in [5.41, 5.74) is 0. The van der Waals surface area contributed by atoms with Gasteiger partial charge in [-0.15, -0.1) is 0 Å². The Morgan fingerprint density at radius 2 is 2.27 bits per heavy atom. The second-order valence-corrected chi connectivity index (χ2v) is 4.13. The van der Waals surface area contributed by atoms with Gasteiger partial charge in [0.2, 0.25) is 5.91 Å². The molecule has 0 N–H and O–H groups in total. The minimum absolute atomic E-state index is 0.0150.